The maximum atomic E-state index is 12.3. The smallest absolute Gasteiger partial charge is 0.236 e. The van der Waals surface area contributed by atoms with E-state index in [-0.39, 0.29) is 30.7 Å². The molecule has 0 radical (unpaired) electrons. The van der Waals surface area contributed by atoms with Gasteiger partial charge < -0.3 is 15.0 Å². The van der Waals surface area contributed by atoms with Crippen LogP contribution in [0.3, 0.4) is 0 Å². The molecule has 2 atom stereocenters. The average Bonchev–Trinajstić information content (AvgIpc) is 2.42. The highest BCUT2D eigenvalue weighted by Gasteiger charge is 2.34. The number of hydrogen-bond donors (Lipinski definition) is 1. The molecule has 0 aromatic rings. The maximum Gasteiger partial charge on any atom is 0.236 e. The lowest BCUT2D eigenvalue weighted by molar-refractivity contribution is -0.137. The largest absolute Gasteiger partial charge is 0.383 e. The summed E-state index contributed by atoms with van der Waals surface area (Å²) in [6.45, 7) is 7.14. The number of carbonyl (C=O) groups excluding carboxylic acids is 1. The molecule has 0 aliphatic carbocycles. The van der Waals surface area contributed by atoms with E-state index in [9.17, 15) is 4.79 Å². The summed E-state index contributed by atoms with van der Waals surface area (Å²) in [4.78, 5) is 16.9. The predicted octanol–water partition coefficient (Wildman–Crippen LogP) is 1.15. The van der Waals surface area contributed by atoms with Gasteiger partial charge in [0.05, 0.1) is 13.2 Å². The molecule has 2 aliphatic heterocycles. The fourth-order valence-corrected chi connectivity index (χ4v) is 3.17. The molecular weight excluding hydrogens is 313 g/mol. The third-order valence-electron chi connectivity index (χ3n) is 4.27. The number of methoxy groups -OCH3 is 1. The fourth-order valence-electron chi connectivity index (χ4n) is 3.17. The van der Waals surface area contributed by atoms with Crippen molar-refractivity contribution >= 4 is 30.7 Å². The van der Waals surface area contributed by atoms with Gasteiger partial charge in [0.2, 0.25) is 5.91 Å². The van der Waals surface area contributed by atoms with Gasteiger partial charge in [-0.3, -0.25) is 9.69 Å². The van der Waals surface area contributed by atoms with Gasteiger partial charge in [0.1, 0.15) is 0 Å². The first kappa shape index (κ1) is 20.9. The first-order valence-electron chi connectivity index (χ1n) is 7.45. The summed E-state index contributed by atoms with van der Waals surface area (Å²) in [5.74, 6) is 0.230. The van der Waals surface area contributed by atoms with Gasteiger partial charge in [0.15, 0.2) is 0 Å². The minimum absolute atomic E-state index is 0. The highest BCUT2D eigenvalue weighted by Crippen LogP contribution is 2.23. The van der Waals surface area contributed by atoms with Crippen LogP contribution in [0, 0.1) is 0 Å². The van der Waals surface area contributed by atoms with Gasteiger partial charge in [-0.25, -0.2) is 0 Å². The average molecular weight is 342 g/mol. The molecule has 2 fully saturated rings. The molecule has 2 rings (SSSR count). The Bertz CT molecular complexity index is 308. The van der Waals surface area contributed by atoms with Crippen molar-refractivity contribution in [1.29, 1.82) is 0 Å². The van der Waals surface area contributed by atoms with Gasteiger partial charge in [-0.1, -0.05) is 6.42 Å². The van der Waals surface area contributed by atoms with Crippen LogP contribution in [0.2, 0.25) is 0 Å². The van der Waals surface area contributed by atoms with Gasteiger partial charge in [-0.05, 0) is 26.3 Å². The van der Waals surface area contributed by atoms with Crippen LogP contribution in [-0.2, 0) is 9.53 Å². The van der Waals surface area contributed by atoms with Crippen LogP contribution >= 0.6 is 24.8 Å². The molecule has 126 valence electrons. The zero-order chi connectivity index (χ0) is 13.7. The van der Waals surface area contributed by atoms with Crippen LogP contribution in [-0.4, -0.2) is 74.2 Å². The highest BCUT2D eigenvalue weighted by molar-refractivity contribution is 5.85. The van der Waals surface area contributed by atoms with Crippen molar-refractivity contribution in [2.24, 2.45) is 0 Å². The molecular formula is C14H29Cl2N3O2. The first-order valence-corrected chi connectivity index (χ1v) is 7.45. The molecule has 0 aromatic carbocycles. The molecule has 1 amide bonds. The van der Waals surface area contributed by atoms with Gasteiger partial charge in [0.25, 0.3) is 0 Å². The molecule has 7 heteroatoms. The normalized spacial score (nSPS) is 25.5. The van der Waals surface area contributed by atoms with E-state index in [1.54, 1.807) is 7.11 Å². The van der Waals surface area contributed by atoms with E-state index in [0.29, 0.717) is 25.2 Å². The van der Waals surface area contributed by atoms with Crippen LogP contribution in [0.15, 0.2) is 0 Å². The van der Waals surface area contributed by atoms with Gasteiger partial charge in [-0.2, -0.15) is 0 Å². The summed E-state index contributed by atoms with van der Waals surface area (Å²) >= 11 is 0. The zero-order valence-electron chi connectivity index (χ0n) is 13.0. The van der Waals surface area contributed by atoms with Crippen LogP contribution in [0.4, 0.5) is 0 Å². The lowest BCUT2D eigenvalue weighted by Crippen LogP contribution is -2.61. The van der Waals surface area contributed by atoms with Crippen LogP contribution in [0.25, 0.3) is 0 Å². The summed E-state index contributed by atoms with van der Waals surface area (Å²) < 4.78 is 4.97. The second kappa shape index (κ2) is 10.6. The Morgan fingerprint density at radius 1 is 1.29 bits per heavy atom. The van der Waals surface area contributed by atoms with Crippen LogP contribution < -0.4 is 5.32 Å². The van der Waals surface area contributed by atoms with E-state index in [4.69, 9.17) is 4.74 Å². The van der Waals surface area contributed by atoms with Crippen molar-refractivity contribution in [3.8, 4) is 0 Å². The number of fused-ring (bicyclic) bond motifs is 1. The van der Waals surface area contributed by atoms with Gasteiger partial charge in [-0.15, -0.1) is 24.8 Å². The number of rotatable bonds is 5. The van der Waals surface area contributed by atoms with E-state index in [1.807, 2.05) is 0 Å². The number of piperidine rings is 1. The molecule has 1 N–H and O–H groups in total. The monoisotopic (exact) mass is 341 g/mol. The predicted molar refractivity (Wildman–Crippen MR) is 89.6 cm³/mol. The Morgan fingerprint density at radius 3 is 2.76 bits per heavy atom. The molecule has 0 aromatic heterocycles. The summed E-state index contributed by atoms with van der Waals surface area (Å²) in [7, 11) is 1.67. The number of nitrogens with zero attached hydrogens (tertiary/aromatic N) is 2. The Balaban J connectivity index is 0.00000200. The molecule has 0 saturated carbocycles. The number of ether oxygens (including phenoxy) is 1. The van der Waals surface area contributed by atoms with E-state index in [2.05, 4.69) is 22.0 Å². The quantitative estimate of drug-likeness (QED) is 0.762. The van der Waals surface area contributed by atoms with E-state index >= 15 is 0 Å². The lowest BCUT2D eigenvalue weighted by Gasteiger charge is -2.47. The van der Waals surface area contributed by atoms with Crippen LogP contribution in [0.1, 0.15) is 26.2 Å². The van der Waals surface area contributed by atoms with Crippen molar-refractivity contribution in [3.63, 3.8) is 0 Å². The minimum Gasteiger partial charge on any atom is -0.383 e. The maximum absolute atomic E-state index is 12.3. The number of nitrogens with one attached hydrogen (secondary N) is 1. The minimum atomic E-state index is 0. The lowest BCUT2D eigenvalue weighted by atomic mass is 9.97. The molecule has 5 nitrogen and oxygen atoms in total. The number of piperazine rings is 1. The Kier molecular flexibility index (Phi) is 10.6. The summed E-state index contributed by atoms with van der Waals surface area (Å²) in [6, 6.07) is 0.930. The van der Waals surface area contributed by atoms with Gasteiger partial charge >= 0.3 is 0 Å². The second-order valence-electron chi connectivity index (χ2n) is 5.71. The van der Waals surface area contributed by atoms with E-state index in [1.165, 1.54) is 25.8 Å². The SMILES string of the molecule is COCCNCC(=O)N1CC2CCCCN2CC1C.Cl.Cl. The van der Waals surface area contributed by atoms with Crippen molar-refractivity contribution < 1.29 is 9.53 Å². The molecule has 0 bridgehead atoms. The molecule has 21 heavy (non-hydrogen) atoms. The van der Waals surface area contributed by atoms with Crippen molar-refractivity contribution in [1.82, 2.24) is 15.1 Å². The molecule has 2 saturated heterocycles. The van der Waals surface area contributed by atoms with Crippen LogP contribution in [0.5, 0.6) is 0 Å². The van der Waals surface area contributed by atoms with E-state index < -0.39 is 0 Å². The number of carbonyl (C=O) groups is 1. The Morgan fingerprint density at radius 2 is 2.05 bits per heavy atom. The summed E-state index contributed by atoms with van der Waals surface area (Å²) in [5, 5.41) is 3.15. The standard InChI is InChI=1S/C14H27N3O2.2ClH/c1-12-10-16-7-4-3-5-13(16)11-17(12)14(18)9-15-6-8-19-2;;/h12-13,15H,3-11H2,1-2H3;2*1H. The van der Waals surface area contributed by atoms with Crippen molar-refractivity contribution in [2.75, 3.05) is 46.4 Å². The molecule has 0 spiro atoms. The number of halogens is 2. The first-order chi connectivity index (χ1) is 9.22. The number of amides is 1. The molecule has 2 aliphatic rings. The fraction of sp³-hybridized carbons (Fsp3) is 0.929. The van der Waals surface area contributed by atoms with Crippen molar-refractivity contribution in [3.05, 3.63) is 0 Å². The zero-order valence-corrected chi connectivity index (χ0v) is 14.7. The Hall–Kier alpha value is -0.0700. The third kappa shape index (κ3) is 5.91. The third-order valence-corrected chi connectivity index (χ3v) is 4.27. The van der Waals surface area contributed by atoms with Crippen molar-refractivity contribution in [2.45, 2.75) is 38.3 Å². The Labute approximate surface area is 140 Å². The topological polar surface area (TPSA) is 44.8 Å². The molecule has 2 unspecified atom stereocenters. The van der Waals surface area contributed by atoms with E-state index in [0.717, 1.165) is 19.6 Å². The second-order valence-corrected chi connectivity index (χ2v) is 5.71. The molecule has 2 heterocycles. The van der Waals surface area contributed by atoms with Gasteiger partial charge in [0, 0.05) is 38.8 Å². The number of hydrogen-bond acceptors (Lipinski definition) is 4. The summed E-state index contributed by atoms with van der Waals surface area (Å²) in [5.41, 5.74) is 0. The summed E-state index contributed by atoms with van der Waals surface area (Å²) in [6.07, 6.45) is 3.87. The highest BCUT2D eigenvalue weighted by atomic mass is 35.5.